The molecule has 0 heterocycles. The summed E-state index contributed by atoms with van der Waals surface area (Å²) < 4.78 is 5.16. The van der Waals surface area contributed by atoms with Crippen molar-refractivity contribution in [2.24, 2.45) is 0 Å². The normalized spacial score (nSPS) is 10.4. The van der Waals surface area contributed by atoms with E-state index in [0.29, 0.717) is 0 Å². The van der Waals surface area contributed by atoms with E-state index in [-0.39, 0.29) is 0 Å². The monoisotopic (exact) mass is 240 g/mol. The summed E-state index contributed by atoms with van der Waals surface area (Å²) in [4.78, 5) is 0. The van der Waals surface area contributed by atoms with E-state index in [1.54, 1.807) is 7.11 Å². The third kappa shape index (κ3) is 3.36. The molecule has 0 aromatic heterocycles. The van der Waals surface area contributed by atoms with Crippen LogP contribution in [0.3, 0.4) is 0 Å². The number of hydrogen-bond donors (Lipinski definition) is 0. The van der Waals surface area contributed by atoms with E-state index in [2.05, 4.69) is 44.2 Å². The zero-order valence-corrected chi connectivity index (χ0v) is 11.4. The Hall–Kier alpha value is -1.76. The van der Waals surface area contributed by atoms with Crippen molar-refractivity contribution in [3.05, 3.63) is 64.7 Å². The molecule has 0 saturated carbocycles. The molecular formula is C17H20O. The molecule has 1 nitrogen and oxygen atoms in total. The molecule has 0 radical (unpaired) electrons. The molecule has 2 aromatic rings. The molecular weight excluding hydrogens is 220 g/mol. The van der Waals surface area contributed by atoms with Crippen LogP contribution < -0.4 is 4.74 Å². The minimum Gasteiger partial charge on any atom is -0.497 e. The fourth-order valence-corrected chi connectivity index (χ4v) is 2.29. The molecule has 0 atom stereocenters. The first kappa shape index (κ1) is 12.7. The molecule has 0 saturated heterocycles. The van der Waals surface area contributed by atoms with Gasteiger partial charge in [0.1, 0.15) is 5.75 Å². The van der Waals surface area contributed by atoms with Gasteiger partial charge in [0.2, 0.25) is 0 Å². The Bertz CT molecular complexity index is 491. The molecule has 0 fully saturated rings. The number of aryl methyl sites for hydroxylation is 4. The van der Waals surface area contributed by atoms with Gasteiger partial charge in [-0.25, -0.2) is 0 Å². The van der Waals surface area contributed by atoms with Gasteiger partial charge in [0.25, 0.3) is 0 Å². The maximum atomic E-state index is 5.16. The van der Waals surface area contributed by atoms with Crippen LogP contribution in [0.5, 0.6) is 5.75 Å². The van der Waals surface area contributed by atoms with Crippen LogP contribution in [0.1, 0.15) is 22.3 Å². The fourth-order valence-electron chi connectivity index (χ4n) is 2.29. The Kier molecular flexibility index (Phi) is 4.03. The summed E-state index contributed by atoms with van der Waals surface area (Å²) >= 11 is 0. The second-order valence-corrected chi connectivity index (χ2v) is 4.84. The summed E-state index contributed by atoms with van der Waals surface area (Å²) in [6.45, 7) is 4.31. The number of ether oxygens (including phenoxy) is 1. The van der Waals surface area contributed by atoms with E-state index in [4.69, 9.17) is 4.74 Å². The van der Waals surface area contributed by atoms with Crippen molar-refractivity contribution in [1.29, 1.82) is 0 Å². The molecule has 0 spiro atoms. The predicted octanol–water partition coefficient (Wildman–Crippen LogP) is 4.10. The topological polar surface area (TPSA) is 9.23 Å². The number of benzene rings is 2. The third-order valence-corrected chi connectivity index (χ3v) is 3.14. The predicted molar refractivity (Wildman–Crippen MR) is 76.3 cm³/mol. The van der Waals surface area contributed by atoms with Crippen molar-refractivity contribution in [2.45, 2.75) is 26.7 Å². The summed E-state index contributed by atoms with van der Waals surface area (Å²) in [5, 5.41) is 0. The molecule has 0 aliphatic heterocycles. The molecule has 0 N–H and O–H groups in total. The Morgan fingerprint density at radius 2 is 1.33 bits per heavy atom. The lowest BCUT2D eigenvalue weighted by Crippen LogP contribution is -1.93. The van der Waals surface area contributed by atoms with Gasteiger partial charge in [-0.15, -0.1) is 0 Å². The van der Waals surface area contributed by atoms with Crippen LogP contribution in [0.25, 0.3) is 0 Å². The van der Waals surface area contributed by atoms with Crippen molar-refractivity contribution < 1.29 is 4.74 Å². The van der Waals surface area contributed by atoms with E-state index in [9.17, 15) is 0 Å². The Balaban J connectivity index is 2.01. The van der Waals surface area contributed by atoms with Gasteiger partial charge >= 0.3 is 0 Å². The average molecular weight is 240 g/mol. The lowest BCUT2D eigenvalue weighted by atomic mass is 10.0. The molecule has 94 valence electrons. The molecule has 18 heavy (non-hydrogen) atoms. The van der Waals surface area contributed by atoms with Crippen molar-refractivity contribution in [3.63, 3.8) is 0 Å². The Morgan fingerprint density at radius 1 is 0.778 bits per heavy atom. The van der Waals surface area contributed by atoms with Gasteiger partial charge in [-0.2, -0.15) is 0 Å². The van der Waals surface area contributed by atoms with Gasteiger partial charge in [-0.3, -0.25) is 0 Å². The van der Waals surface area contributed by atoms with Crippen molar-refractivity contribution in [1.82, 2.24) is 0 Å². The van der Waals surface area contributed by atoms with Crippen LogP contribution in [0, 0.1) is 13.8 Å². The molecule has 0 amide bonds. The van der Waals surface area contributed by atoms with E-state index in [0.717, 1.165) is 18.6 Å². The molecule has 0 unspecified atom stereocenters. The minimum absolute atomic E-state index is 0.921. The lowest BCUT2D eigenvalue weighted by molar-refractivity contribution is 0.414. The summed E-state index contributed by atoms with van der Waals surface area (Å²) in [6, 6.07) is 15.1. The highest BCUT2D eigenvalue weighted by atomic mass is 16.5. The maximum Gasteiger partial charge on any atom is 0.118 e. The smallest absolute Gasteiger partial charge is 0.118 e. The highest BCUT2D eigenvalue weighted by Gasteiger charge is 1.99. The van der Waals surface area contributed by atoms with Gasteiger partial charge in [0, 0.05) is 0 Å². The maximum absolute atomic E-state index is 5.16. The molecule has 2 aromatic carbocycles. The molecule has 0 aliphatic carbocycles. The SMILES string of the molecule is COc1ccc(CCc2cc(C)cc(C)c2)cc1. The summed E-state index contributed by atoms with van der Waals surface area (Å²) in [6.07, 6.45) is 2.17. The summed E-state index contributed by atoms with van der Waals surface area (Å²) in [5.41, 5.74) is 5.47. The molecule has 0 bridgehead atoms. The van der Waals surface area contributed by atoms with Gasteiger partial charge in [-0.05, 0) is 49.9 Å². The zero-order valence-electron chi connectivity index (χ0n) is 11.4. The van der Waals surface area contributed by atoms with Crippen LogP contribution in [0.2, 0.25) is 0 Å². The van der Waals surface area contributed by atoms with E-state index >= 15 is 0 Å². The quantitative estimate of drug-likeness (QED) is 0.782. The van der Waals surface area contributed by atoms with Gasteiger partial charge in [0.05, 0.1) is 7.11 Å². The second kappa shape index (κ2) is 5.72. The van der Waals surface area contributed by atoms with Gasteiger partial charge in [-0.1, -0.05) is 41.5 Å². The largest absolute Gasteiger partial charge is 0.497 e. The van der Waals surface area contributed by atoms with E-state index in [1.165, 1.54) is 22.3 Å². The van der Waals surface area contributed by atoms with Crippen molar-refractivity contribution >= 4 is 0 Å². The number of methoxy groups -OCH3 is 1. The van der Waals surface area contributed by atoms with E-state index < -0.39 is 0 Å². The first-order valence-corrected chi connectivity index (χ1v) is 6.37. The minimum atomic E-state index is 0.921. The fraction of sp³-hybridized carbons (Fsp3) is 0.294. The first-order chi connectivity index (χ1) is 8.67. The Labute approximate surface area is 109 Å². The second-order valence-electron chi connectivity index (χ2n) is 4.84. The zero-order chi connectivity index (χ0) is 13.0. The van der Waals surface area contributed by atoms with Crippen LogP contribution >= 0.6 is 0 Å². The molecule has 0 aliphatic rings. The highest BCUT2D eigenvalue weighted by Crippen LogP contribution is 2.15. The number of rotatable bonds is 4. The number of hydrogen-bond acceptors (Lipinski definition) is 1. The summed E-state index contributed by atoms with van der Waals surface area (Å²) in [7, 11) is 1.70. The van der Waals surface area contributed by atoms with Crippen molar-refractivity contribution in [2.75, 3.05) is 7.11 Å². The average Bonchev–Trinajstić information content (AvgIpc) is 2.36. The first-order valence-electron chi connectivity index (χ1n) is 6.37. The summed E-state index contributed by atoms with van der Waals surface area (Å²) in [5.74, 6) is 0.921. The van der Waals surface area contributed by atoms with Crippen LogP contribution in [0.4, 0.5) is 0 Å². The highest BCUT2D eigenvalue weighted by molar-refractivity contribution is 5.31. The van der Waals surface area contributed by atoms with Gasteiger partial charge < -0.3 is 4.74 Å². The van der Waals surface area contributed by atoms with Crippen molar-refractivity contribution in [3.8, 4) is 5.75 Å². The third-order valence-electron chi connectivity index (χ3n) is 3.14. The Morgan fingerprint density at radius 3 is 1.89 bits per heavy atom. The van der Waals surface area contributed by atoms with Crippen LogP contribution in [-0.2, 0) is 12.8 Å². The van der Waals surface area contributed by atoms with Crippen LogP contribution in [0.15, 0.2) is 42.5 Å². The van der Waals surface area contributed by atoms with E-state index in [1.807, 2.05) is 12.1 Å². The van der Waals surface area contributed by atoms with Crippen LogP contribution in [-0.4, -0.2) is 7.11 Å². The standard InChI is InChI=1S/C17H20O/c1-13-10-14(2)12-16(11-13)5-4-15-6-8-17(18-3)9-7-15/h6-12H,4-5H2,1-3H3. The molecule has 1 heteroatoms. The lowest BCUT2D eigenvalue weighted by Gasteiger charge is -2.06. The van der Waals surface area contributed by atoms with Gasteiger partial charge in [0.15, 0.2) is 0 Å². The molecule has 2 rings (SSSR count).